The van der Waals surface area contributed by atoms with Crippen molar-refractivity contribution < 1.29 is 9.59 Å². The summed E-state index contributed by atoms with van der Waals surface area (Å²) in [5.74, 6) is -0.651. The molecule has 0 spiro atoms. The standard InChI is InChI=1S/C29H29N3O2/c1-20-11-16-25(21(2)19-20)26-27(29(34)32(28(26)33)24-9-5-3-6-10-24)30-22-12-14-23(15-13-22)31-17-7-4-8-18-31/h3,5-6,9-16,19,30H,4,7-8,17-18H2,1-2H3. The Labute approximate surface area is 200 Å². The van der Waals surface area contributed by atoms with Crippen molar-refractivity contribution in [3.63, 3.8) is 0 Å². The van der Waals surface area contributed by atoms with E-state index in [4.69, 9.17) is 0 Å². The van der Waals surface area contributed by atoms with E-state index in [1.807, 2.05) is 62.4 Å². The number of nitrogens with zero attached hydrogens (tertiary/aromatic N) is 2. The lowest BCUT2D eigenvalue weighted by Crippen LogP contribution is -2.32. The second kappa shape index (κ2) is 9.18. The third-order valence-electron chi connectivity index (χ3n) is 6.61. The molecule has 0 bridgehead atoms. The smallest absolute Gasteiger partial charge is 0.282 e. The average Bonchev–Trinajstić information content (AvgIpc) is 3.10. The number of imide groups is 1. The maximum atomic E-state index is 13.6. The van der Waals surface area contributed by atoms with Gasteiger partial charge in [-0.15, -0.1) is 0 Å². The number of carbonyl (C=O) groups is 2. The summed E-state index contributed by atoms with van der Waals surface area (Å²) >= 11 is 0. The Morgan fingerprint density at radius 1 is 0.735 bits per heavy atom. The molecule has 0 saturated carbocycles. The van der Waals surface area contributed by atoms with E-state index in [1.165, 1.54) is 29.8 Å². The predicted molar refractivity (Wildman–Crippen MR) is 138 cm³/mol. The van der Waals surface area contributed by atoms with Gasteiger partial charge in [0, 0.05) is 24.5 Å². The summed E-state index contributed by atoms with van der Waals surface area (Å²) in [6, 6.07) is 23.2. The number of rotatable bonds is 5. The number of hydrogen-bond acceptors (Lipinski definition) is 4. The van der Waals surface area contributed by atoms with Gasteiger partial charge in [-0.3, -0.25) is 9.59 Å². The summed E-state index contributed by atoms with van der Waals surface area (Å²) in [5.41, 5.74) is 6.11. The number of anilines is 3. The van der Waals surface area contributed by atoms with Gasteiger partial charge < -0.3 is 10.2 Å². The van der Waals surface area contributed by atoms with Gasteiger partial charge in [-0.05, 0) is 80.6 Å². The number of hydrogen-bond donors (Lipinski definition) is 1. The van der Waals surface area contributed by atoms with Gasteiger partial charge in [0.05, 0.1) is 11.3 Å². The van der Waals surface area contributed by atoms with Crippen LogP contribution in [0.15, 0.2) is 78.5 Å². The summed E-state index contributed by atoms with van der Waals surface area (Å²) in [7, 11) is 0. The Morgan fingerprint density at radius 2 is 1.44 bits per heavy atom. The van der Waals surface area contributed by atoms with Gasteiger partial charge in [-0.1, -0.05) is 42.0 Å². The molecule has 1 saturated heterocycles. The topological polar surface area (TPSA) is 52.7 Å². The largest absolute Gasteiger partial charge is 0.372 e. The molecule has 34 heavy (non-hydrogen) atoms. The molecule has 0 radical (unpaired) electrons. The van der Waals surface area contributed by atoms with Gasteiger partial charge in [0.15, 0.2) is 0 Å². The molecule has 0 unspecified atom stereocenters. The van der Waals surface area contributed by atoms with Crippen molar-refractivity contribution >= 4 is 34.4 Å². The Morgan fingerprint density at radius 3 is 2.12 bits per heavy atom. The molecule has 1 fully saturated rings. The van der Waals surface area contributed by atoms with Crippen LogP contribution in [0.2, 0.25) is 0 Å². The molecule has 2 amide bonds. The maximum Gasteiger partial charge on any atom is 0.282 e. The van der Waals surface area contributed by atoms with E-state index in [1.54, 1.807) is 12.1 Å². The van der Waals surface area contributed by atoms with Crippen molar-refractivity contribution in [2.75, 3.05) is 28.2 Å². The molecule has 2 aliphatic heterocycles. The average molecular weight is 452 g/mol. The van der Waals surface area contributed by atoms with Crippen LogP contribution < -0.4 is 15.1 Å². The van der Waals surface area contributed by atoms with Gasteiger partial charge >= 0.3 is 0 Å². The van der Waals surface area contributed by atoms with E-state index in [0.29, 0.717) is 17.0 Å². The highest BCUT2D eigenvalue weighted by Crippen LogP contribution is 2.35. The minimum Gasteiger partial charge on any atom is -0.372 e. The Bertz CT molecular complexity index is 1260. The minimum atomic E-state index is -0.341. The number of piperidine rings is 1. The third kappa shape index (κ3) is 4.10. The van der Waals surface area contributed by atoms with Gasteiger partial charge in [-0.2, -0.15) is 0 Å². The molecular weight excluding hydrogens is 422 g/mol. The normalized spacial score (nSPS) is 16.4. The van der Waals surface area contributed by atoms with Crippen molar-refractivity contribution in [3.05, 3.63) is 95.2 Å². The summed E-state index contributed by atoms with van der Waals surface area (Å²) < 4.78 is 0. The first kappa shape index (κ1) is 22.0. The highest BCUT2D eigenvalue weighted by Gasteiger charge is 2.40. The van der Waals surface area contributed by atoms with Crippen LogP contribution in [0.5, 0.6) is 0 Å². The molecule has 3 aromatic rings. The second-order valence-corrected chi connectivity index (χ2v) is 9.07. The molecular formula is C29H29N3O2. The Hall–Kier alpha value is -3.86. The van der Waals surface area contributed by atoms with Crippen LogP contribution in [0, 0.1) is 13.8 Å². The number of aryl methyl sites for hydroxylation is 2. The number of para-hydroxylation sites is 1. The van der Waals surface area contributed by atoms with Crippen molar-refractivity contribution in [1.29, 1.82) is 0 Å². The number of amides is 2. The van der Waals surface area contributed by atoms with E-state index in [9.17, 15) is 9.59 Å². The summed E-state index contributed by atoms with van der Waals surface area (Å²) in [6.07, 6.45) is 3.73. The second-order valence-electron chi connectivity index (χ2n) is 9.07. The van der Waals surface area contributed by atoms with Gasteiger partial charge in [0.25, 0.3) is 11.8 Å². The molecule has 0 aromatic heterocycles. The van der Waals surface area contributed by atoms with Crippen molar-refractivity contribution in [1.82, 2.24) is 0 Å². The molecule has 1 N–H and O–H groups in total. The van der Waals surface area contributed by atoms with Crippen molar-refractivity contribution in [2.24, 2.45) is 0 Å². The first-order valence-corrected chi connectivity index (χ1v) is 11.9. The van der Waals surface area contributed by atoms with Crippen LogP contribution in [-0.2, 0) is 9.59 Å². The summed E-state index contributed by atoms with van der Waals surface area (Å²) in [5, 5.41) is 3.29. The molecule has 172 valence electrons. The zero-order valence-electron chi connectivity index (χ0n) is 19.7. The van der Waals surface area contributed by atoms with Crippen LogP contribution >= 0.6 is 0 Å². The molecule has 2 aliphatic rings. The first-order chi connectivity index (χ1) is 16.5. The zero-order valence-corrected chi connectivity index (χ0v) is 19.7. The van der Waals surface area contributed by atoms with Crippen LogP contribution in [0.4, 0.5) is 17.1 Å². The van der Waals surface area contributed by atoms with Crippen LogP contribution in [0.3, 0.4) is 0 Å². The molecule has 2 heterocycles. The molecule has 5 heteroatoms. The van der Waals surface area contributed by atoms with E-state index >= 15 is 0 Å². The number of carbonyl (C=O) groups excluding carboxylic acids is 2. The SMILES string of the molecule is Cc1ccc(C2=C(Nc3ccc(N4CCCCC4)cc3)C(=O)N(c3ccccc3)C2=O)c(C)c1. The number of nitrogens with one attached hydrogen (secondary N) is 1. The molecule has 0 atom stereocenters. The van der Waals surface area contributed by atoms with Gasteiger partial charge in [-0.25, -0.2) is 4.90 Å². The van der Waals surface area contributed by atoms with Gasteiger partial charge in [0.1, 0.15) is 5.70 Å². The Kier molecular flexibility index (Phi) is 5.93. The van der Waals surface area contributed by atoms with Crippen LogP contribution in [0.25, 0.3) is 5.57 Å². The molecule has 5 nitrogen and oxygen atoms in total. The maximum absolute atomic E-state index is 13.6. The fourth-order valence-electron chi connectivity index (χ4n) is 4.85. The fourth-order valence-corrected chi connectivity index (χ4v) is 4.85. The van der Waals surface area contributed by atoms with E-state index in [2.05, 4.69) is 22.3 Å². The first-order valence-electron chi connectivity index (χ1n) is 11.9. The summed E-state index contributed by atoms with van der Waals surface area (Å²) in [4.78, 5) is 30.9. The molecule has 5 rings (SSSR count). The quantitative estimate of drug-likeness (QED) is 0.506. The highest BCUT2D eigenvalue weighted by molar-refractivity contribution is 6.46. The van der Waals surface area contributed by atoms with Crippen molar-refractivity contribution in [3.8, 4) is 0 Å². The third-order valence-corrected chi connectivity index (χ3v) is 6.61. The molecule has 0 aliphatic carbocycles. The monoisotopic (exact) mass is 451 g/mol. The lowest BCUT2D eigenvalue weighted by molar-refractivity contribution is -0.120. The van der Waals surface area contributed by atoms with Crippen molar-refractivity contribution in [2.45, 2.75) is 33.1 Å². The van der Waals surface area contributed by atoms with Gasteiger partial charge in [0.2, 0.25) is 0 Å². The van der Waals surface area contributed by atoms with E-state index < -0.39 is 0 Å². The Balaban J connectivity index is 1.52. The lowest BCUT2D eigenvalue weighted by Gasteiger charge is -2.28. The highest BCUT2D eigenvalue weighted by atomic mass is 16.2. The van der Waals surface area contributed by atoms with Crippen LogP contribution in [-0.4, -0.2) is 24.9 Å². The van der Waals surface area contributed by atoms with Crippen LogP contribution in [0.1, 0.15) is 36.0 Å². The van der Waals surface area contributed by atoms with E-state index in [0.717, 1.165) is 35.5 Å². The van der Waals surface area contributed by atoms with E-state index in [-0.39, 0.29) is 11.8 Å². The predicted octanol–water partition coefficient (Wildman–Crippen LogP) is 5.69. The fraction of sp³-hybridized carbons (Fsp3) is 0.241. The molecule has 3 aromatic carbocycles. The number of benzene rings is 3. The summed E-state index contributed by atoms with van der Waals surface area (Å²) in [6.45, 7) is 6.15. The lowest BCUT2D eigenvalue weighted by atomic mass is 9.97. The zero-order chi connectivity index (χ0) is 23.7. The minimum absolute atomic E-state index is 0.310.